The van der Waals surface area contributed by atoms with Gasteiger partial charge in [-0.15, -0.1) is 0 Å². The normalized spacial score (nSPS) is 19.3. The van der Waals surface area contributed by atoms with Crippen molar-refractivity contribution in [1.29, 1.82) is 5.26 Å². The number of benzene rings is 3. The van der Waals surface area contributed by atoms with Crippen LogP contribution in [0, 0.1) is 34.7 Å². The van der Waals surface area contributed by atoms with Crippen LogP contribution in [0.25, 0.3) is 11.1 Å². The zero-order valence-corrected chi connectivity index (χ0v) is 18.1. The van der Waals surface area contributed by atoms with Crippen molar-refractivity contribution in [1.82, 2.24) is 0 Å². The fourth-order valence-corrected chi connectivity index (χ4v) is 5.00. The molecule has 0 aromatic heterocycles. The first-order chi connectivity index (χ1) is 15.5. The molecule has 1 saturated carbocycles. The standard InChI is InChI=1S/C28H26F3N/c1-18(20-5-3-2-4-6-20)13-19-7-9-21(10-8-19)22-11-12-24(26(29)14-22)23-15-27(30)25(17-32)28(31)16-23/h2-6,11-12,14-16,18-19,21H,7-10,13H2,1H3/t18-,19?,21?/m1/s1. The second-order valence-corrected chi connectivity index (χ2v) is 8.93. The molecule has 0 saturated heterocycles. The maximum atomic E-state index is 14.9. The molecule has 4 rings (SSSR count). The molecule has 0 amide bonds. The molecule has 4 heteroatoms. The van der Waals surface area contributed by atoms with Crippen LogP contribution in [0.2, 0.25) is 0 Å². The van der Waals surface area contributed by atoms with Crippen LogP contribution < -0.4 is 0 Å². The third kappa shape index (κ3) is 4.72. The van der Waals surface area contributed by atoms with Gasteiger partial charge in [-0.25, -0.2) is 13.2 Å². The second-order valence-electron chi connectivity index (χ2n) is 8.93. The largest absolute Gasteiger partial charge is 0.206 e. The highest BCUT2D eigenvalue weighted by Gasteiger charge is 2.25. The molecule has 0 aliphatic heterocycles. The number of halogens is 3. The summed E-state index contributed by atoms with van der Waals surface area (Å²) < 4.78 is 42.8. The number of rotatable bonds is 5. The van der Waals surface area contributed by atoms with Crippen molar-refractivity contribution in [2.24, 2.45) is 5.92 Å². The van der Waals surface area contributed by atoms with E-state index in [9.17, 15) is 13.2 Å². The van der Waals surface area contributed by atoms with Gasteiger partial charge < -0.3 is 0 Å². The molecule has 0 unspecified atom stereocenters. The van der Waals surface area contributed by atoms with Gasteiger partial charge in [0.1, 0.15) is 29.1 Å². The van der Waals surface area contributed by atoms with Crippen LogP contribution in [0.4, 0.5) is 13.2 Å². The van der Waals surface area contributed by atoms with Gasteiger partial charge >= 0.3 is 0 Å². The fraction of sp³-hybridized carbons (Fsp3) is 0.321. The number of hydrogen-bond acceptors (Lipinski definition) is 1. The summed E-state index contributed by atoms with van der Waals surface area (Å²) in [7, 11) is 0. The molecule has 3 aromatic carbocycles. The molecule has 1 aliphatic rings. The molecule has 0 heterocycles. The predicted molar refractivity (Wildman–Crippen MR) is 121 cm³/mol. The van der Waals surface area contributed by atoms with E-state index < -0.39 is 23.0 Å². The van der Waals surface area contributed by atoms with Crippen LogP contribution in [-0.2, 0) is 0 Å². The van der Waals surface area contributed by atoms with Crippen molar-refractivity contribution in [3.8, 4) is 17.2 Å². The lowest BCUT2D eigenvalue weighted by atomic mass is 9.75. The first-order valence-corrected chi connectivity index (χ1v) is 11.2. The predicted octanol–water partition coefficient (Wildman–Crippen LogP) is 8.11. The Hall–Kier alpha value is -3.06. The summed E-state index contributed by atoms with van der Waals surface area (Å²) in [5.41, 5.74) is 1.91. The zero-order chi connectivity index (χ0) is 22.7. The van der Waals surface area contributed by atoms with Gasteiger partial charge in [0.05, 0.1) is 0 Å². The molecule has 0 radical (unpaired) electrons. The van der Waals surface area contributed by atoms with E-state index >= 15 is 0 Å². The average Bonchev–Trinajstić information content (AvgIpc) is 2.80. The topological polar surface area (TPSA) is 23.8 Å². The maximum Gasteiger partial charge on any atom is 0.144 e. The first kappa shape index (κ1) is 22.1. The second kappa shape index (κ2) is 9.61. The van der Waals surface area contributed by atoms with Crippen LogP contribution >= 0.6 is 0 Å². The van der Waals surface area contributed by atoms with Crippen LogP contribution in [0.1, 0.15) is 67.6 Å². The van der Waals surface area contributed by atoms with Crippen LogP contribution in [0.3, 0.4) is 0 Å². The van der Waals surface area contributed by atoms with Crippen molar-refractivity contribution in [2.75, 3.05) is 0 Å². The lowest BCUT2D eigenvalue weighted by Gasteiger charge is -2.30. The zero-order valence-electron chi connectivity index (χ0n) is 18.1. The Bertz CT molecular complexity index is 1100. The summed E-state index contributed by atoms with van der Waals surface area (Å²) in [6.45, 7) is 2.28. The third-order valence-electron chi connectivity index (χ3n) is 6.83. The molecular formula is C28H26F3N. The number of nitrogens with zero attached hydrogens (tertiary/aromatic N) is 1. The van der Waals surface area contributed by atoms with Crippen molar-refractivity contribution in [2.45, 2.75) is 50.9 Å². The summed E-state index contributed by atoms with van der Waals surface area (Å²) in [6, 6.07) is 19.1. The van der Waals surface area contributed by atoms with Crippen LogP contribution in [0.15, 0.2) is 60.7 Å². The Kier molecular flexibility index (Phi) is 6.65. The van der Waals surface area contributed by atoms with Gasteiger partial charge in [-0.05, 0) is 84.7 Å². The molecular weight excluding hydrogens is 407 g/mol. The highest BCUT2D eigenvalue weighted by molar-refractivity contribution is 5.66. The van der Waals surface area contributed by atoms with Crippen molar-refractivity contribution in [3.63, 3.8) is 0 Å². The fourth-order valence-electron chi connectivity index (χ4n) is 5.00. The monoisotopic (exact) mass is 433 g/mol. The molecule has 3 aromatic rings. The van der Waals surface area contributed by atoms with Gasteiger partial charge in [0.2, 0.25) is 0 Å². The van der Waals surface area contributed by atoms with Gasteiger partial charge in [0, 0.05) is 5.56 Å². The van der Waals surface area contributed by atoms with E-state index in [4.69, 9.17) is 5.26 Å². The van der Waals surface area contributed by atoms with Gasteiger partial charge in [0.25, 0.3) is 0 Å². The van der Waals surface area contributed by atoms with E-state index in [1.165, 1.54) is 24.1 Å². The van der Waals surface area contributed by atoms with E-state index in [0.717, 1.165) is 43.4 Å². The summed E-state index contributed by atoms with van der Waals surface area (Å²) in [6.07, 6.45) is 5.45. The summed E-state index contributed by atoms with van der Waals surface area (Å²) in [5, 5.41) is 8.82. The Morgan fingerprint density at radius 2 is 1.53 bits per heavy atom. The lowest BCUT2D eigenvalue weighted by Crippen LogP contribution is -2.15. The minimum Gasteiger partial charge on any atom is -0.206 e. The maximum absolute atomic E-state index is 14.9. The number of nitriles is 1. The Morgan fingerprint density at radius 1 is 0.875 bits per heavy atom. The molecule has 1 fully saturated rings. The summed E-state index contributed by atoms with van der Waals surface area (Å²) in [4.78, 5) is 0. The van der Waals surface area contributed by atoms with Gasteiger partial charge in [0.15, 0.2) is 0 Å². The van der Waals surface area contributed by atoms with E-state index in [1.54, 1.807) is 6.07 Å². The molecule has 0 bridgehead atoms. The minimum atomic E-state index is -0.978. The first-order valence-electron chi connectivity index (χ1n) is 11.2. The van der Waals surface area contributed by atoms with Crippen molar-refractivity contribution >= 4 is 0 Å². The quantitative estimate of drug-likeness (QED) is 0.399. The van der Waals surface area contributed by atoms with Crippen LogP contribution in [0.5, 0.6) is 0 Å². The average molecular weight is 434 g/mol. The SMILES string of the molecule is C[C@H](CC1CCC(c2ccc(-c3cc(F)c(C#N)c(F)c3)c(F)c2)CC1)c1ccccc1. The van der Waals surface area contributed by atoms with E-state index in [-0.39, 0.29) is 11.1 Å². The van der Waals surface area contributed by atoms with E-state index in [1.807, 2.05) is 12.1 Å². The van der Waals surface area contributed by atoms with Gasteiger partial charge in [-0.1, -0.05) is 49.4 Å². The van der Waals surface area contributed by atoms with Crippen molar-refractivity contribution in [3.05, 3.63) is 94.8 Å². The smallest absolute Gasteiger partial charge is 0.144 e. The van der Waals surface area contributed by atoms with Gasteiger partial charge in [-0.2, -0.15) is 5.26 Å². The molecule has 1 atom stereocenters. The highest BCUT2D eigenvalue weighted by Crippen LogP contribution is 2.40. The number of hydrogen-bond donors (Lipinski definition) is 0. The van der Waals surface area contributed by atoms with Crippen LogP contribution in [-0.4, -0.2) is 0 Å². The lowest BCUT2D eigenvalue weighted by molar-refractivity contribution is 0.297. The Balaban J connectivity index is 1.42. The molecule has 0 N–H and O–H groups in total. The minimum absolute atomic E-state index is 0.0988. The Morgan fingerprint density at radius 3 is 2.12 bits per heavy atom. The van der Waals surface area contributed by atoms with E-state index in [2.05, 4.69) is 31.2 Å². The summed E-state index contributed by atoms with van der Waals surface area (Å²) in [5.74, 6) is -0.942. The molecule has 0 spiro atoms. The van der Waals surface area contributed by atoms with Crippen molar-refractivity contribution < 1.29 is 13.2 Å². The summed E-state index contributed by atoms with van der Waals surface area (Å²) >= 11 is 0. The molecule has 1 nitrogen and oxygen atoms in total. The van der Waals surface area contributed by atoms with Gasteiger partial charge in [-0.3, -0.25) is 0 Å². The third-order valence-corrected chi connectivity index (χ3v) is 6.83. The highest BCUT2D eigenvalue weighted by atomic mass is 19.1. The molecule has 164 valence electrons. The van der Waals surface area contributed by atoms with E-state index in [0.29, 0.717) is 17.8 Å². The molecule has 32 heavy (non-hydrogen) atoms. The Labute approximate surface area is 187 Å². The molecule has 1 aliphatic carbocycles.